The normalized spacial score (nSPS) is 32.9. The first kappa shape index (κ1) is 15.8. The third kappa shape index (κ3) is 2.86. The van der Waals surface area contributed by atoms with Gasteiger partial charge in [-0.1, -0.05) is 0 Å². The van der Waals surface area contributed by atoms with E-state index in [1.165, 1.54) is 12.3 Å². The number of rotatable bonds is 2. The zero-order chi connectivity index (χ0) is 16.7. The van der Waals surface area contributed by atoms with Gasteiger partial charge in [0.05, 0.1) is 6.20 Å². The van der Waals surface area contributed by atoms with Crippen LogP contribution in [-0.2, 0) is 4.79 Å². The predicted molar refractivity (Wildman–Crippen MR) is 89.4 cm³/mol. The number of carbonyl (C=O) groups is 1. The Bertz CT molecular complexity index is 602. The average Bonchev–Trinajstić information content (AvgIpc) is 2.62. The number of aromatic nitrogens is 1. The maximum Gasteiger partial charge on any atom is 0.241 e. The van der Waals surface area contributed by atoms with Crippen molar-refractivity contribution in [3.05, 3.63) is 24.1 Å². The third-order valence-corrected chi connectivity index (χ3v) is 5.56. The molecule has 4 aliphatic heterocycles. The van der Waals surface area contributed by atoms with Gasteiger partial charge in [-0.05, 0) is 19.1 Å². The van der Waals surface area contributed by atoms with Gasteiger partial charge in [0, 0.05) is 58.4 Å². The monoisotopic (exact) mass is 333 g/mol. The van der Waals surface area contributed by atoms with Crippen LogP contribution in [0.4, 0.5) is 10.2 Å². The summed E-state index contributed by atoms with van der Waals surface area (Å²) in [4.78, 5) is 25.9. The fourth-order valence-electron chi connectivity index (χ4n) is 4.07. The van der Waals surface area contributed by atoms with Gasteiger partial charge in [-0.3, -0.25) is 14.6 Å². The highest BCUT2D eigenvalue weighted by Gasteiger charge is 2.41. The van der Waals surface area contributed by atoms with Crippen LogP contribution in [0.5, 0.6) is 0 Å². The summed E-state index contributed by atoms with van der Waals surface area (Å²) in [5.41, 5.74) is 0. The van der Waals surface area contributed by atoms with Gasteiger partial charge in [-0.25, -0.2) is 9.37 Å². The summed E-state index contributed by atoms with van der Waals surface area (Å²) in [6.07, 6.45) is 1.24. The Balaban J connectivity index is 1.36. The van der Waals surface area contributed by atoms with E-state index in [-0.39, 0.29) is 17.8 Å². The van der Waals surface area contributed by atoms with Crippen LogP contribution in [0.2, 0.25) is 0 Å². The Morgan fingerprint density at radius 1 is 1.08 bits per heavy atom. The second kappa shape index (κ2) is 6.29. The summed E-state index contributed by atoms with van der Waals surface area (Å²) in [5.74, 6) is 0.723. The molecule has 2 bridgehead atoms. The number of piperazine rings is 4. The molecule has 130 valence electrons. The van der Waals surface area contributed by atoms with Crippen LogP contribution in [0.3, 0.4) is 0 Å². The molecule has 4 unspecified atom stereocenters. The number of amides is 1. The maximum atomic E-state index is 13.0. The van der Waals surface area contributed by atoms with Crippen molar-refractivity contribution in [3.63, 3.8) is 0 Å². The quantitative estimate of drug-likeness (QED) is 0.777. The Labute approximate surface area is 141 Å². The number of nitrogens with zero attached hydrogens (tertiary/aromatic N) is 5. The van der Waals surface area contributed by atoms with E-state index >= 15 is 0 Å². The van der Waals surface area contributed by atoms with E-state index in [0.29, 0.717) is 19.1 Å². The molecule has 1 amide bonds. The fourth-order valence-corrected chi connectivity index (χ4v) is 4.07. The van der Waals surface area contributed by atoms with Crippen molar-refractivity contribution in [1.29, 1.82) is 0 Å². The van der Waals surface area contributed by atoms with Crippen molar-refractivity contribution in [1.82, 2.24) is 19.7 Å². The van der Waals surface area contributed by atoms with Crippen molar-refractivity contribution in [2.45, 2.75) is 19.0 Å². The van der Waals surface area contributed by atoms with Gasteiger partial charge in [-0.15, -0.1) is 0 Å². The van der Waals surface area contributed by atoms with Crippen molar-refractivity contribution in [3.8, 4) is 0 Å². The highest BCUT2D eigenvalue weighted by Crippen LogP contribution is 2.23. The molecule has 4 fully saturated rings. The molecule has 0 spiro atoms. The van der Waals surface area contributed by atoms with Crippen LogP contribution < -0.4 is 4.90 Å². The molecule has 4 aliphatic rings. The topological polar surface area (TPSA) is 42.9 Å². The first-order valence-electron chi connectivity index (χ1n) is 8.75. The fraction of sp³-hybridized carbons (Fsp3) is 0.647. The van der Waals surface area contributed by atoms with Crippen LogP contribution in [-0.4, -0.2) is 90.0 Å². The third-order valence-electron chi connectivity index (χ3n) is 5.56. The Morgan fingerprint density at radius 2 is 1.83 bits per heavy atom. The molecule has 0 saturated carbocycles. The minimum atomic E-state index is -0.321. The van der Waals surface area contributed by atoms with E-state index in [1.54, 1.807) is 6.07 Å². The number of hydrogen-bond acceptors (Lipinski definition) is 5. The van der Waals surface area contributed by atoms with E-state index in [4.69, 9.17) is 0 Å². The molecular formula is C17H24FN5O. The lowest BCUT2D eigenvalue weighted by atomic mass is 10.0. The molecule has 1 aromatic rings. The molecule has 7 heteroatoms. The summed E-state index contributed by atoms with van der Waals surface area (Å²) in [6, 6.07) is 3.71. The van der Waals surface area contributed by atoms with Crippen molar-refractivity contribution < 1.29 is 9.18 Å². The molecule has 0 aliphatic carbocycles. The van der Waals surface area contributed by atoms with Gasteiger partial charge < -0.3 is 9.80 Å². The number of hydrogen-bond donors (Lipinski definition) is 0. The van der Waals surface area contributed by atoms with Crippen LogP contribution in [0, 0.1) is 5.82 Å². The van der Waals surface area contributed by atoms with Gasteiger partial charge in [-0.2, -0.15) is 0 Å². The highest BCUT2D eigenvalue weighted by atomic mass is 19.1. The number of anilines is 1. The lowest BCUT2D eigenvalue weighted by Crippen LogP contribution is -2.69. The minimum absolute atomic E-state index is 0.0189. The molecule has 1 aromatic heterocycles. The van der Waals surface area contributed by atoms with Crippen LogP contribution in [0.15, 0.2) is 18.3 Å². The molecular weight excluding hydrogens is 309 g/mol. The van der Waals surface area contributed by atoms with Gasteiger partial charge in [0.25, 0.3) is 0 Å². The van der Waals surface area contributed by atoms with E-state index in [2.05, 4.69) is 26.6 Å². The summed E-state index contributed by atoms with van der Waals surface area (Å²) in [5, 5.41) is 0. The SMILES string of the molecule is CC1CN2CCN1CC2C(=O)N1CCN(c2ccc(F)cn2)CC1. The van der Waals surface area contributed by atoms with Crippen LogP contribution in [0.25, 0.3) is 0 Å². The van der Waals surface area contributed by atoms with Crippen LogP contribution >= 0.6 is 0 Å². The van der Waals surface area contributed by atoms with Crippen molar-refractivity contribution in [2.75, 3.05) is 57.3 Å². The summed E-state index contributed by atoms with van der Waals surface area (Å²) in [6.45, 7) is 9.08. The zero-order valence-corrected chi connectivity index (χ0v) is 14.1. The zero-order valence-electron chi connectivity index (χ0n) is 14.1. The maximum absolute atomic E-state index is 13.0. The molecule has 0 aromatic carbocycles. The molecule has 4 saturated heterocycles. The molecule has 6 nitrogen and oxygen atoms in total. The van der Waals surface area contributed by atoms with Crippen molar-refractivity contribution >= 4 is 11.7 Å². The smallest absolute Gasteiger partial charge is 0.241 e. The molecule has 4 atom stereocenters. The molecule has 5 heterocycles. The van der Waals surface area contributed by atoms with Gasteiger partial charge >= 0.3 is 0 Å². The lowest BCUT2D eigenvalue weighted by molar-refractivity contribution is -0.144. The van der Waals surface area contributed by atoms with Gasteiger partial charge in [0.15, 0.2) is 0 Å². The van der Waals surface area contributed by atoms with Gasteiger partial charge in [0.1, 0.15) is 17.7 Å². The molecule has 0 N–H and O–H groups in total. The lowest BCUT2D eigenvalue weighted by Gasteiger charge is -2.51. The summed E-state index contributed by atoms with van der Waals surface area (Å²) in [7, 11) is 0. The summed E-state index contributed by atoms with van der Waals surface area (Å²) >= 11 is 0. The average molecular weight is 333 g/mol. The van der Waals surface area contributed by atoms with E-state index in [1.807, 2.05) is 4.90 Å². The standard InChI is InChI=1S/C17H24FN5O/c1-13-11-23-9-8-22(13)12-15(23)17(24)21-6-4-20(5-7-21)16-3-2-14(18)10-19-16/h2-3,10,13,15H,4-9,11-12H2,1H3. The van der Waals surface area contributed by atoms with Crippen LogP contribution in [0.1, 0.15) is 6.92 Å². The predicted octanol–water partition coefficient (Wildman–Crippen LogP) is 0.258. The Hall–Kier alpha value is -1.73. The number of halogens is 1. The first-order valence-corrected chi connectivity index (χ1v) is 8.75. The van der Waals surface area contributed by atoms with E-state index < -0.39 is 0 Å². The Kier molecular flexibility index (Phi) is 4.14. The molecule has 0 radical (unpaired) electrons. The summed E-state index contributed by atoms with van der Waals surface area (Å²) < 4.78 is 13.0. The second-order valence-electron chi connectivity index (χ2n) is 7.00. The largest absolute Gasteiger partial charge is 0.353 e. The number of fused-ring (bicyclic) bond motifs is 3. The van der Waals surface area contributed by atoms with E-state index in [9.17, 15) is 9.18 Å². The first-order chi connectivity index (χ1) is 11.6. The molecule has 24 heavy (non-hydrogen) atoms. The minimum Gasteiger partial charge on any atom is -0.353 e. The van der Waals surface area contributed by atoms with Gasteiger partial charge in [0.2, 0.25) is 5.91 Å². The number of carbonyl (C=O) groups excluding carboxylic acids is 1. The Morgan fingerprint density at radius 3 is 2.42 bits per heavy atom. The second-order valence-corrected chi connectivity index (χ2v) is 7.00. The highest BCUT2D eigenvalue weighted by molar-refractivity contribution is 5.82. The van der Waals surface area contributed by atoms with Crippen molar-refractivity contribution in [2.24, 2.45) is 0 Å². The molecule has 5 rings (SSSR count). The van der Waals surface area contributed by atoms with E-state index in [0.717, 1.165) is 45.1 Å². The number of pyridine rings is 1.